The van der Waals surface area contributed by atoms with Crippen LogP contribution in [0.1, 0.15) is 32.1 Å². The maximum atomic E-state index is 12.1. The molecule has 0 aromatic carbocycles. The first-order chi connectivity index (χ1) is 8.65. The molecule has 98 valence electrons. The van der Waals surface area contributed by atoms with Crippen LogP contribution in [0, 0.1) is 5.41 Å². The van der Waals surface area contributed by atoms with E-state index in [4.69, 9.17) is 9.47 Å². The van der Waals surface area contributed by atoms with Crippen LogP contribution in [0.15, 0.2) is 11.6 Å². The second-order valence-electron chi connectivity index (χ2n) is 5.23. The quantitative estimate of drug-likeness (QED) is 0.445. The van der Waals surface area contributed by atoms with Crippen LogP contribution in [-0.2, 0) is 19.1 Å². The standard InChI is InChI=1S/C13H15BrO4/c14-7-10(15)18-11-12(16)17-9-4-3-8-2-1-5-13(8,11)6-9/h2,9,11H,1,3-7H2. The molecule has 2 aliphatic carbocycles. The first-order valence-electron chi connectivity index (χ1n) is 6.31. The minimum Gasteiger partial charge on any atom is -0.460 e. The highest BCUT2D eigenvalue weighted by molar-refractivity contribution is 9.09. The average Bonchev–Trinajstić information content (AvgIpc) is 2.77. The molecule has 1 spiro atoms. The van der Waals surface area contributed by atoms with Gasteiger partial charge in [-0.25, -0.2) is 4.79 Å². The van der Waals surface area contributed by atoms with Gasteiger partial charge in [-0.15, -0.1) is 0 Å². The van der Waals surface area contributed by atoms with Gasteiger partial charge in [0.25, 0.3) is 0 Å². The number of hydrogen-bond donors (Lipinski definition) is 0. The molecule has 2 fully saturated rings. The molecule has 3 aliphatic rings. The minimum absolute atomic E-state index is 0.00618. The van der Waals surface area contributed by atoms with Crippen LogP contribution < -0.4 is 0 Å². The zero-order valence-electron chi connectivity index (χ0n) is 9.99. The van der Waals surface area contributed by atoms with Crippen molar-refractivity contribution < 1.29 is 19.1 Å². The molecule has 4 nitrogen and oxygen atoms in total. The summed E-state index contributed by atoms with van der Waals surface area (Å²) in [4.78, 5) is 23.5. The molecule has 3 rings (SSSR count). The third-order valence-electron chi connectivity index (χ3n) is 4.31. The fraction of sp³-hybridized carbons (Fsp3) is 0.692. The molecule has 1 aliphatic heterocycles. The van der Waals surface area contributed by atoms with Crippen molar-refractivity contribution in [2.45, 2.75) is 44.3 Å². The molecular formula is C13H15BrO4. The lowest BCUT2D eigenvalue weighted by Crippen LogP contribution is -2.54. The Balaban J connectivity index is 1.92. The SMILES string of the molecule is O=C(CBr)OC1C(=O)OC2CCC3=CCCC31C2. The maximum absolute atomic E-state index is 12.1. The number of carbonyl (C=O) groups excluding carboxylic acids is 2. The molecule has 2 bridgehead atoms. The minimum atomic E-state index is -0.743. The Morgan fingerprint density at radius 2 is 2.44 bits per heavy atom. The second kappa shape index (κ2) is 4.37. The molecule has 18 heavy (non-hydrogen) atoms. The normalized spacial score (nSPS) is 37.6. The van der Waals surface area contributed by atoms with Gasteiger partial charge in [0.15, 0.2) is 0 Å². The fourth-order valence-electron chi connectivity index (χ4n) is 3.56. The third kappa shape index (κ3) is 1.71. The van der Waals surface area contributed by atoms with E-state index in [1.807, 2.05) is 0 Å². The van der Waals surface area contributed by atoms with E-state index in [1.165, 1.54) is 5.57 Å². The zero-order valence-corrected chi connectivity index (χ0v) is 11.6. The number of fused-ring (bicyclic) bond motifs is 1. The topological polar surface area (TPSA) is 52.6 Å². The Morgan fingerprint density at radius 3 is 3.22 bits per heavy atom. The predicted octanol–water partition coefficient (Wildman–Crippen LogP) is 2.11. The summed E-state index contributed by atoms with van der Waals surface area (Å²) < 4.78 is 10.7. The maximum Gasteiger partial charge on any atom is 0.348 e. The molecule has 3 atom stereocenters. The molecule has 0 aromatic rings. The summed E-state index contributed by atoms with van der Waals surface area (Å²) >= 11 is 3.06. The van der Waals surface area contributed by atoms with Gasteiger partial charge < -0.3 is 9.47 Å². The van der Waals surface area contributed by atoms with Crippen molar-refractivity contribution in [3.8, 4) is 0 Å². The van der Waals surface area contributed by atoms with Gasteiger partial charge in [0.2, 0.25) is 6.10 Å². The first kappa shape index (κ1) is 12.2. The Kier molecular flexibility index (Phi) is 2.96. The summed E-state index contributed by atoms with van der Waals surface area (Å²) in [5, 5.41) is 0.106. The molecule has 3 unspecified atom stereocenters. The van der Waals surface area contributed by atoms with Gasteiger partial charge >= 0.3 is 11.9 Å². The van der Waals surface area contributed by atoms with Crippen LogP contribution in [-0.4, -0.2) is 29.5 Å². The van der Waals surface area contributed by atoms with Crippen LogP contribution in [0.25, 0.3) is 0 Å². The van der Waals surface area contributed by atoms with Crippen molar-refractivity contribution in [2.24, 2.45) is 5.41 Å². The Labute approximate surface area is 114 Å². The van der Waals surface area contributed by atoms with Gasteiger partial charge in [0.1, 0.15) is 11.4 Å². The van der Waals surface area contributed by atoms with E-state index in [0.29, 0.717) is 0 Å². The van der Waals surface area contributed by atoms with E-state index >= 15 is 0 Å². The van der Waals surface area contributed by atoms with Gasteiger partial charge in [0, 0.05) is 5.41 Å². The Morgan fingerprint density at radius 1 is 1.61 bits per heavy atom. The van der Waals surface area contributed by atoms with Crippen molar-refractivity contribution in [1.82, 2.24) is 0 Å². The molecule has 0 amide bonds. The predicted molar refractivity (Wildman–Crippen MR) is 67.2 cm³/mol. The highest BCUT2D eigenvalue weighted by Gasteiger charge is 2.57. The number of hydrogen-bond acceptors (Lipinski definition) is 4. The van der Waals surface area contributed by atoms with E-state index in [0.717, 1.165) is 32.1 Å². The van der Waals surface area contributed by atoms with E-state index in [-0.39, 0.29) is 22.8 Å². The van der Waals surface area contributed by atoms with Crippen molar-refractivity contribution in [3.63, 3.8) is 0 Å². The summed E-state index contributed by atoms with van der Waals surface area (Å²) in [6.45, 7) is 0. The van der Waals surface area contributed by atoms with Crippen LogP contribution >= 0.6 is 15.9 Å². The van der Waals surface area contributed by atoms with E-state index in [1.54, 1.807) is 0 Å². The summed E-state index contributed by atoms with van der Waals surface area (Å²) in [6.07, 6.45) is 6.01. The fourth-order valence-corrected chi connectivity index (χ4v) is 3.69. The number of esters is 2. The molecule has 5 heteroatoms. The molecular weight excluding hydrogens is 300 g/mol. The summed E-state index contributed by atoms with van der Waals surface area (Å²) in [6, 6.07) is 0. The molecule has 0 N–H and O–H groups in total. The Hall–Kier alpha value is -0.840. The smallest absolute Gasteiger partial charge is 0.348 e. The molecule has 1 heterocycles. The van der Waals surface area contributed by atoms with E-state index in [2.05, 4.69) is 22.0 Å². The van der Waals surface area contributed by atoms with Crippen LogP contribution in [0.4, 0.5) is 0 Å². The molecule has 1 saturated carbocycles. The molecule has 0 aromatic heterocycles. The van der Waals surface area contributed by atoms with Crippen molar-refractivity contribution >= 4 is 27.9 Å². The van der Waals surface area contributed by atoms with Crippen LogP contribution in [0.2, 0.25) is 0 Å². The highest BCUT2D eigenvalue weighted by Crippen LogP contribution is 2.55. The van der Waals surface area contributed by atoms with Crippen molar-refractivity contribution in [1.29, 1.82) is 0 Å². The number of ether oxygens (including phenoxy) is 2. The van der Waals surface area contributed by atoms with Gasteiger partial charge in [-0.1, -0.05) is 27.6 Å². The lowest BCUT2D eigenvalue weighted by atomic mass is 9.65. The number of rotatable bonds is 2. The average molecular weight is 315 g/mol. The number of carbonyl (C=O) groups is 2. The largest absolute Gasteiger partial charge is 0.460 e. The van der Waals surface area contributed by atoms with Crippen molar-refractivity contribution in [2.75, 3.05) is 5.33 Å². The van der Waals surface area contributed by atoms with Crippen LogP contribution in [0.5, 0.6) is 0 Å². The first-order valence-corrected chi connectivity index (χ1v) is 7.43. The monoisotopic (exact) mass is 314 g/mol. The van der Waals surface area contributed by atoms with E-state index < -0.39 is 12.1 Å². The number of halogens is 1. The zero-order chi connectivity index (χ0) is 12.8. The van der Waals surface area contributed by atoms with Gasteiger partial charge in [-0.3, -0.25) is 4.79 Å². The lowest BCUT2D eigenvalue weighted by Gasteiger charge is -2.47. The second-order valence-corrected chi connectivity index (χ2v) is 5.79. The third-order valence-corrected chi connectivity index (χ3v) is 4.76. The summed E-state index contributed by atoms with van der Waals surface area (Å²) in [5.74, 6) is -0.769. The van der Waals surface area contributed by atoms with Crippen molar-refractivity contribution in [3.05, 3.63) is 11.6 Å². The summed E-state index contributed by atoms with van der Waals surface area (Å²) in [5.41, 5.74) is 1.03. The summed E-state index contributed by atoms with van der Waals surface area (Å²) in [7, 11) is 0. The lowest BCUT2D eigenvalue weighted by molar-refractivity contribution is -0.195. The number of alkyl halides is 1. The molecule has 1 saturated heterocycles. The number of allylic oxidation sites excluding steroid dienone is 1. The highest BCUT2D eigenvalue weighted by atomic mass is 79.9. The van der Waals surface area contributed by atoms with Gasteiger partial charge in [0.05, 0.1) is 0 Å². The van der Waals surface area contributed by atoms with Gasteiger partial charge in [-0.2, -0.15) is 0 Å². The molecule has 0 radical (unpaired) electrons. The van der Waals surface area contributed by atoms with Crippen LogP contribution in [0.3, 0.4) is 0 Å². The van der Waals surface area contributed by atoms with Gasteiger partial charge in [-0.05, 0) is 32.1 Å². The Bertz CT molecular complexity index is 431. The van der Waals surface area contributed by atoms with E-state index in [9.17, 15) is 9.59 Å².